The molecule has 8 heteroatoms. The van der Waals surface area contributed by atoms with Crippen LogP contribution in [0.3, 0.4) is 0 Å². The van der Waals surface area contributed by atoms with E-state index in [4.69, 9.17) is 4.74 Å². The van der Waals surface area contributed by atoms with E-state index in [-0.39, 0.29) is 23.1 Å². The summed E-state index contributed by atoms with van der Waals surface area (Å²) in [4.78, 5) is 31.2. The van der Waals surface area contributed by atoms with Gasteiger partial charge in [-0.15, -0.1) is 0 Å². The van der Waals surface area contributed by atoms with E-state index in [0.717, 1.165) is 40.1 Å². The summed E-state index contributed by atoms with van der Waals surface area (Å²) in [5.74, 6) is -0.375. The molecule has 4 rings (SSSR count). The third kappa shape index (κ3) is 3.80. The molecular weight excluding hydrogens is 412 g/mol. The average molecular weight is 433 g/mol. The van der Waals surface area contributed by atoms with Gasteiger partial charge in [0.1, 0.15) is 11.6 Å². The van der Waals surface area contributed by atoms with Crippen molar-refractivity contribution in [3.8, 4) is 17.3 Å². The standard InChI is InChI=1S/C23H20N4O3S/c1-3-27-18-8-6-5-7-15(18)16-11-14(9-10-19(16)27)21-17(12-24)22(29)26-23(25-21)31-13-20(28)30-4-2/h5-11H,3-4,13H2,1-2H3,(H,25,26,29). The number of nitriles is 1. The van der Waals surface area contributed by atoms with Crippen molar-refractivity contribution in [2.24, 2.45) is 0 Å². The smallest absolute Gasteiger partial charge is 0.316 e. The molecule has 2 heterocycles. The van der Waals surface area contributed by atoms with Crippen molar-refractivity contribution in [1.82, 2.24) is 14.5 Å². The van der Waals surface area contributed by atoms with Gasteiger partial charge in [-0.2, -0.15) is 5.26 Å². The first-order valence-electron chi connectivity index (χ1n) is 9.91. The minimum Gasteiger partial charge on any atom is -0.465 e. The van der Waals surface area contributed by atoms with Crippen LogP contribution in [0, 0.1) is 11.3 Å². The van der Waals surface area contributed by atoms with Crippen molar-refractivity contribution in [1.29, 1.82) is 5.26 Å². The minimum atomic E-state index is -0.532. The van der Waals surface area contributed by atoms with Crippen LogP contribution in [-0.4, -0.2) is 32.9 Å². The van der Waals surface area contributed by atoms with Crippen LogP contribution < -0.4 is 5.56 Å². The zero-order valence-corrected chi connectivity index (χ0v) is 18.0. The van der Waals surface area contributed by atoms with E-state index in [0.29, 0.717) is 11.3 Å². The number of H-pyrrole nitrogens is 1. The fraction of sp³-hybridized carbons (Fsp3) is 0.217. The fourth-order valence-electron chi connectivity index (χ4n) is 3.71. The van der Waals surface area contributed by atoms with Gasteiger partial charge >= 0.3 is 5.97 Å². The maximum atomic E-state index is 12.5. The number of aromatic nitrogens is 3. The van der Waals surface area contributed by atoms with Gasteiger partial charge in [0, 0.05) is 33.9 Å². The Morgan fingerprint density at radius 2 is 1.97 bits per heavy atom. The van der Waals surface area contributed by atoms with Gasteiger partial charge in [-0.25, -0.2) is 4.98 Å². The average Bonchev–Trinajstić information content (AvgIpc) is 3.10. The first-order valence-corrected chi connectivity index (χ1v) is 10.9. The molecule has 0 unspecified atom stereocenters. The van der Waals surface area contributed by atoms with Gasteiger partial charge in [0.2, 0.25) is 0 Å². The highest BCUT2D eigenvalue weighted by Gasteiger charge is 2.17. The quantitative estimate of drug-likeness (QED) is 0.280. The van der Waals surface area contributed by atoms with E-state index in [2.05, 4.69) is 33.6 Å². The number of fused-ring (bicyclic) bond motifs is 3. The predicted molar refractivity (Wildman–Crippen MR) is 121 cm³/mol. The molecule has 2 aromatic heterocycles. The second-order valence-electron chi connectivity index (χ2n) is 6.79. The molecule has 7 nitrogen and oxygen atoms in total. The second kappa shape index (κ2) is 8.66. The maximum Gasteiger partial charge on any atom is 0.316 e. The highest BCUT2D eigenvalue weighted by atomic mass is 32.2. The number of esters is 1. The van der Waals surface area contributed by atoms with Gasteiger partial charge in [-0.05, 0) is 32.0 Å². The number of hydrogen-bond acceptors (Lipinski definition) is 6. The fourth-order valence-corrected chi connectivity index (χ4v) is 4.36. The number of nitrogens with one attached hydrogen (secondary N) is 1. The van der Waals surface area contributed by atoms with Crippen molar-refractivity contribution in [3.05, 3.63) is 58.4 Å². The minimum absolute atomic E-state index is 0.0190. The molecule has 0 aliphatic rings. The molecule has 0 amide bonds. The topological polar surface area (TPSA) is 101 Å². The van der Waals surface area contributed by atoms with Gasteiger partial charge < -0.3 is 14.3 Å². The Bertz CT molecular complexity index is 1400. The first kappa shape index (κ1) is 20.7. The van der Waals surface area contributed by atoms with Gasteiger partial charge in [0.25, 0.3) is 5.56 Å². The first-order chi connectivity index (χ1) is 15.1. The van der Waals surface area contributed by atoms with Crippen molar-refractivity contribution in [2.75, 3.05) is 12.4 Å². The van der Waals surface area contributed by atoms with E-state index >= 15 is 0 Å². The molecule has 0 radical (unpaired) electrons. The number of aryl methyl sites for hydroxylation is 1. The van der Waals surface area contributed by atoms with Crippen molar-refractivity contribution in [3.63, 3.8) is 0 Å². The molecule has 0 aliphatic carbocycles. The molecule has 0 atom stereocenters. The largest absolute Gasteiger partial charge is 0.465 e. The number of hydrogen-bond donors (Lipinski definition) is 1. The number of nitrogens with zero attached hydrogens (tertiary/aromatic N) is 3. The zero-order chi connectivity index (χ0) is 22.0. The molecule has 0 saturated heterocycles. The van der Waals surface area contributed by atoms with Crippen LogP contribution in [0.1, 0.15) is 19.4 Å². The lowest BCUT2D eigenvalue weighted by Crippen LogP contribution is -2.15. The number of aromatic amines is 1. The highest BCUT2D eigenvalue weighted by molar-refractivity contribution is 7.99. The highest BCUT2D eigenvalue weighted by Crippen LogP contribution is 2.33. The van der Waals surface area contributed by atoms with Gasteiger partial charge in [-0.3, -0.25) is 9.59 Å². The number of carbonyl (C=O) groups is 1. The Morgan fingerprint density at radius 1 is 1.19 bits per heavy atom. The summed E-state index contributed by atoms with van der Waals surface area (Å²) in [6.07, 6.45) is 0. The molecule has 2 aromatic carbocycles. The summed E-state index contributed by atoms with van der Waals surface area (Å²) in [6, 6.07) is 15.9. The Hall–Kier alpha value is -3.57. The van der Waals surface area contributed by atoms with Crippen molar-refractivity contribution < 1.29 is 9.53 Å². The number of carbonyl (C=O) groups excluding carboxylic acids is 1. The lowest BCUT2D eigenvalue weighted by Gasteiger charge is -2.08. The summed E-state index contributed by atoms with van der Waals surface area (Å²) >= 11 is 1.07. The number of para-hydroxylation sites is 1. The lowest BCUT2D eigenvalue weighted by molar-refractivity contribution is -0.139. The maximum absolute atomic E-state index is 12.5. The molecule has 1 N–H and O–H groups in total. The lowest BCUT2D eigenvalue weighted by atomic mass is 10.0. The summed E-state index contributed by atoms with van der Waals surface area (Å²) in [7, 11) is 0. The Labute approximate surface area is 182 Å². The van der Waals surface area contributed by atoms with Gasteiger partial charge in [0.05, 0.1) is 18.1 Å². The van der Waals surface area contributed by atoms with E-state index in [1.54, 1.807) is 6.92 Å². The normalized spacial score (nSPS) is 11.0. The van der Waals surface area contributed by atoms with Crippen LogP contribution in [0.5, 0.6) is 0 Å². The van der Waals surface area contributed by atoms with E-state index in [1.165, 1.54) is 0 Å². The molecule has 31 heavy (non-hydrogen) atoms. The summed E-state index contributed by atoms with van der Waals surface area (Å²) in [5.41, 5.74) is 2.59. The van der Waals surface area contributed by atoms with E-state index < -0.39 is 11.5 Å². The number of rotatable bonds is 6. The van der Waals surface area contributed by atoms with Crippen LogP contribution >= 0.6 is 11.8 Å². The molecule has 0 saturated carbocycles. The Balaban J connectivity index is 1.85. The van der Waals surface area contributed by atoms with Crippen LogP contribution in [0.15, 0.2) is 52.4 Å². The molecule has 4 aromatic rings. The Kier molecular flexibility index (Phi) is 5.78. The Morgan fingerprint density at radius 3 is 2.71 bits per heavy atom. The molecule has 0 bridgehead atoms. The predicted octanol–water partition coefficient (Wildman–Crippen LogP) is 4.09. The van der Waals surface area contributed by atoms with E-state index in [1.807, 2.05) is 36.4 Å². The van der Waals surface area contributed by atoms with Crippen molar-refractivity contribution in [2.45, 2.75) is 25.5 Å². The second-order valence-corrected chi connectivity index (χ2v) is 7.76. The SMILES string of the molecule is CCOC(=O)CSc1nc(-c2ccc3c(c2)c2ccccc2n3CC)c(C#N)c(=O)[nH]1. The number of thioether (sulfide) groups is 1. The van der Waals surface area contributed by atoms with E-state index in [9.17, 15) is 14.9 Å². The van der Waals surface area contributed by atoms with Crippen LogP contribution in [0.2, 0.25) is 0 Å². The van der Waals surface area contributed by atoms with Gasteiger partial charge in [-0.1, -0.05) is 36.0 Å². The third-order valence-corrected chi connectivity index (χ3v) is 5.85. The molecular formula is C23H20N4O3S. The van der Waals surface area contributed by atoms with Crippen LogP contribution in [0.25, 0.3) is 33.1 Å². The molecule has 156 valence electrons. The third-order valence-electron chi connectivity index (χ3n) is 5.00. The number of benzene rings is 2. The number of ether oxygens (including phenoxy) is 1. The summed E-state index contributed by atoms with van der Waals surface area (Å²) in [5, 5.41) is 12.0. The molecule has 0 spiro atoms. The van der Waals surface area contributed by atoms with Crippen molar-refractivity contribution >= 4 is 39.5 Å². The summed E-state index contributed by atoms with van der Waals surface area (Å²) in [6.45, 7) is 4.94. The van der Waals surface area contributed by atoms with Gasteiger partial charge in [0.15, 0.2) is 5.16 Å². The zero-order valence-electron chi connectivity index (χ0n) is 17.1. The summed E-state index contributed by atoms with van der Waals surface area (Å²) < 4.78 is 7.15. The monoisotopic (exact) mass is 432 g/mol. The molecule has 0 fully saturated rings. The van der Waals surface area contributed by atoms with Crippen LogP contribution in [-0.2, 0) is 16.1 Å². The molecule has 0 aliphatic heterocycles. The van der Waals surface area contributed by atoms with Crippen LogP contribution in [0.4, 0.5) is 0 Å².